The van der Waals surface area contributed by atoms with E-state index >= 15 is 0 Å². The predicted molar refractivity (Wildman–Crippen MR) is 117 cm³/mol. The number of fused-ring (bicyclic) bond motifs is 2. The minimum Gasteiger partial charge on any atom is -0.310 e. The molecule has 1 aliphatic rings. The summed E-state index contributed by atoms with van der Waals surface area (Å²) in [5.41, 5.74) is 3.20. The van der Waals surface area contributed by atoms with Gasteiger partial charge in [0, 0.05) is 72.5 Å². The Hall–Kier alpha value is -2.90. The molecular weight excluding hydrogens is 396 g/mol. The molecule has 0 unspecified atom stereocenters. The highest BCUT2D eigenvalue weighted by molar-refractivity contribution is 5.79. The molecule has 0 aliphatic heterocycles. The van der Waals surface area contributed by atoms with E-state index in [0.29, 0.717) is 37.0 Å². The molecule has 1 aliphatic carbocycles. The van der Waals surface area contributed by atoms with E-state index in [9.17, 15) is 8.78 Å². The molecule has 5 nitrogen and oxygen atoms in total. The van der Waals surface area contributed by atoms with E-state index < -0.39 is 6.17 Å². The van der Waals surface area contributed by atoms with Crippen LogP contribution in [-0.4, -0.2) is 32.6 Å². The molecule has 3 aromatic heterocycles. The number of halogens is 2. The second-order valence-electron chi connectivity index (χ2n) is 8.23. The molecule has 1 fully saturated rings. The smallest absolute Gasteiger partial charge is 0.141 e. The number of benzene rings is 1. The lowest BCUT2D eigenvalue weighted by Gasteiger charge is -2.33. The molecule has 3 atom stereocenters. The molecule has 3 heterocycles. The Morgan fingerprint density at radius 2 is 1.87 bits per heavy atom. The van der Waals surface area contributed by atoms with Crippen molar-refractivity contribution in [3.05, 3.63) is 78.1 Å². The summed E-state index contributed by atoms with van der Waals surface area (Å²) in [5.74, 6) is -0.308. The number of aromatic nitrogens is 3. The molecule has 1 saturated carbocycles. The molecule has 2 N–H and O–H groups in total. The quantitative estimate of drug-likeness (QED) is 0.491. The molecule has 1 aromatic carbocycles. The van der Waals surface area contributed by atoms with Crippen molar-refractivity contribution in [3.8, 4) is 0 Å². The number of imidazole rings is 1. The molecule has 4 aromatic rings. The fraction of sp³-hybridized carbons (Fsp3) is 0.333. The highest BCUT2D eigenvalue weighted by atomic mass is 19.1. The number of nitrogens with zero attached hydrogens (tertiary/aromatic N) is 3. The van der Waals surface area contributed by atoms with E-state index in [2.05, 4.69) is 20.6 Å². The van der Waals surface area contributed by atoms with Gasteiger partial charge in [0.1, 0.15) is 17.6 Å². The number of hydrogen-bond donors (Lipinski definition) is 2. The van der Waals surface area contributed by atoms with Crippen molar-refractivity contribution in [2.75, 3.05) is 0 Å². The third-order valence-electron chi connectivity index (χ3n) is 6.18. The molecule has 7 heteroatoms. The van der Waals surface area contributed by atoms with Crippen LogP contribution in [-0.2, 0) is 13.1 Å². The van der Waals surface area contributed by atoms with Crippen molar-refractivity contribution in [2.45, 2.75) is 50.6 Å². The third kappa shape index (κ3) is 4.29. The summed E-state index contributed by atoms with van der Waals surface area (Å²) in [6.45, 7) is 0.967. The Labute approximate surface area is 179 Å². The maximum Gasteiger partial charge on any atom is 0.141 e. The number of pyridine rings is 2. The number of hydrogen-bond acceptors (Lipinski definition) is 4. The van der Waals surface area contributed by atoms with Gasteiger partial charge in [-0.2, -0.15) is 0 Å². The first-order valence-corrected chi connectivity index (χ1v) is 10.7. The molecular formula is C24H25F2N5. The van der Waals surface area contributed by atoms with Gasteiger partial charge in [-0.3, -0.25) is 4.98 Å². The fourth-order valence-corrected chi connectivity index (χ4v) is 4.45. The summed E-state index contributed by atoms with van der Waals surface area (Å²) >= 11 is 0. The van der Waals surface area contributed by atoms with Gasteiger partial charge in [0.25, 0.3) is 0 Å². The van der Waals surface area contributed by atoms with Crippen LogP contribution in [0.4, 0.5) is 8.78 Å². The topological polar surface area (TPSA) is 54.2 Å². The first-order valence-electron chi connectivity index (χ1n) is 10.7. The van der Waals surface area contributed by atoms with E-state index in [-0.39, 0.29) is 17.9 Å². The van der Waals surface area contributed by atoms with Gasteiger partial charge < -0.3 is 15.0 Å². The molecule has 160 valence electrons. The molecule has 0 bridgehead atoms. The maximum absolute atomic E-state index is 14.9. The van der Waals surface area contributed by atoms with Crippen molar-refractivity contribution < 1.29 is 8.78 Å². The molecule has 0 saturated heterocycles. The van der Waals surface area contributed by atoms with E-state index in [1.54, 1.807) is 18.5 Å². The highest BCUT2D eigenvalue weighted by Crippen LogP contribution is 2.24. The molecule has 31 heavy (non-hydrogen) atoms. The van der Waals surface area contributed by atoms with Crippen LogP contribution in [0.25, 0.3) is 16.6 Å². The molecule has 5 rings (SSSR count). The van der Waals surface area contributed by atoms with E-state index in [1.165, 1.54) is 6.07 Å². The summed E-state index contributed by atoms with van der Waals surface area (Å²) in [4.78, 5) is 8.57. The first-order chi connectivity index (χ1) is 15.2. The van der Waals surface area contributed by atoms with Gasteiger partial charge in [0.15, 0.2) is 0 Å². The predicted octanol–water partition coefficient (Wildman–Crippen LogP) is 4.16. The van der Waals surface area contributed by atoms with Crippen LogP contribution in [0.5, 0.6) is 0 Å². The standard InChI is InChI=1S/C24H25F2N5/c25-20-13-23-16(3-1-7-27-23)11-18(20)15-30-22-6-5-19(12-21(22)26)29-14-17-4-2-9-31-10-8-28-24(17)31/h1-4,7-11,13,19,21-22,29-30H,5-6,12,14-15H2/t19-,21+,22-/m1/s1. The van der Waals surface area contributed by atoms with Crippen molar-refractivity contribution in [3.63, 3.8) is 0 Å². The first kappa shape index (κ1) is 20.0. The van der Waals surface area contributed by atoms with Crippen LogP contribution in [0, 0.1) is 5.82 Å². The van der Waals surface area contributed by atoms with Gasteiger partial charge in [0.05, 0.1) is 5.52 Å². The van der Waals surface area contributed by atoms with Crippen molar-refractivity contribution in [2.24, 2.45) is 0 Å². The average Bonchev–Trinajstić information content (AvgIpc) is 3.26. The average molecular weight is 421 g/mol. The number of rotatable bonds is 6. The summed E-state index contributed by atoms with van der Waals surface area (Å²) in [7, 11) is 0. The Balaban J connectivity index is 1.16. The zero-order valence-electron chi connectivity index (χ0n) is 17.1. The fourth-order valence-electron chi connectivity index (χ4n) is 4.45. The second kappa shape index (κ2) is 8.69. The lowest BCUT2D eigenvalue weighted by atomic mass is 9.89. The number of alkyl halides is 1. The molecule has 0 radical (unpaired) electrons. The Morgan fingerprint density at radius 1 is 0.968 bits per heavy atom. The Bertz CT molecular complexity index is 1190. The molecule has 0 amide bonds. The van der Waals surface area contributed by atoms with Crippen LogP contribution in [0.15, 0.2) is 61.2 Å². The van der Waals surface area contributed by atoms with Crippen molar-refractivity contribution in [1.29, 1.82) is 0 Å². The zero-order chi connectivity index (χ0) is 21.2. The largest absolute Gasteiger partial charge is 0.310 e. The van der Waals surface area contributed by atoms with Crippen LogP contribution in [0.1, 0.15) is 30.4 Å². The zero-order valence-corrected chi connectivity index (χ0v) is 17.1. The second-order valence-corrected chi connectivity index (χ2v) is 8.23. The minimum absolute atomic E-state index is 0.117. The van der Waals surface area contributed by atoms with E-state index in [1.807, 2.05) is 41.1 Å². The van der Waals surface area contributed by atoms with Gasteiger partial charge in [-0.25, -0.2) is 13.8 Å². The highest BCUT2D eigenvalue weighted by Gasteiger charge is 2.30. The minimum atomic E-state index is -0.973. The lowest BCUT2D eigenvalue weighted by Crippen LogP contribution is -2.46. The van der Waals surface area contributed by atoms with Crippen LogP contribution >= 0.6 is 0 Å². The van der Waals surface area contributed by atoms with Crippen LogP contribution < -0.4 is 10.6 Å². The Morgan fingerprint density at radius 3 is 2.77 bits per heavy atom. The van der Waals surface area contributed by atoms with Crippen LogP contribution in [0.2, 0.25) is 0 Å². The van der Waals surface area contributed by atoms with Crippen molar-refractivity contribution >= 4 is 16.6 Å². The van der Waals surface area contributed by atoms with Gasteiger partial charge in [-0.15, -0.1) is 0 Å². The van der Waals surface area contributed by atoms with Crippen LogP contribution in [0.3, 0.4) is 0 Å². The van der Waals surface area contributed by atoms with Crippen molar-refractivity contribution in [1.82, 2.24) is 25.0 Å². The Kier molecular flexibility index (Phi) is 5.61. The normalized spacial score (nSPS) is 21.7. The summed E-state index contributed by atoms with van der Waals surface area (Å²) in [5, 5.41) is 7.60. The monoisotopic (exact) mass is 421 g/mol. The molecule has 0 spiro atoms. The number of nitrogens with one attached hydrogen (secondary N) is 2. The summed E-state index contributed by atoms with van der Waals surface area (Å²) < 4.78 is 31.2. The van der Waals surface area contributed by atoms with Gasteiger partial charge in [0.2, 0.25) is 0 Å². The van der Waals surface area contributed by atoms with Gasteiger partial charge in [-0.1, -0.05) is 12.1 Å². The maximum atomic E-state index is 14.9. The summed E-state index contributed by atoms with van der Waals surface area (Å²) in [6.07, 6.45) is 8.37. The third-order valence-corrected chi connectivity index (χ3v) is 6.18. The lowest BCUT2D eigenvalue weighted by molar-refractivity contribution is 0.160. The van der Waals surface area contributed by atoms with Gasteiger partial charge in [-0.05, 0) is 37.5 Å². The summed E-state index contributed by atoms with van der Waals surface area (Å²) in [6, 6.07) is 10.9. The van der Waals surface area contributed by atoms with E-state index in [0.717, 1.165) is 23.0 Å². The SMILES string of the molecule is Fc1cc2ncccc2cc1CN[C@@H]1CC[C@@H](NCc2cccn3ccnc23)C[C@@H]1F. The van der Waals surface area contributed by atoms with Gasteiger partial charge >= 0.3 is 0 Å². The van der Waals surface area contributed by atoms with E-state index in [4.69, 9.17) is 0 Å².